The summed E-state index contributed by atoms with van der Waals surface area (Å²) in [7, 11) is 0. The van der Waals surface area contributed by atoms with Crippen LogP contribution in [-0.4, -0.2) is 26.5 Å². The van der Waals surface area contributed by atoms with Crippen molar-refractivity contribution in [2.45, 2.75) is 57.9 Å². The van der Waals surface area contributed by atoms with Crippen molar-refractivity contribution in [2.75, 3.05) is 0 Å². The van der Waals surface area contributed by atoms with Gasteiger partial charge in [-0.1, -0.05) is 6.92 Å². The molecule has 0 unspecified atom stereocenters. The summed E-state index contributed by atoms with van der Waals surface area (Å²) in [5.74, 6) is 2.62. The Labute approximate surface area is 162 Å². The number of nitrogens with zero attached hydrogens (tertiary/aromatic N) is 3. The van der Waals surface area contributed by atoms with Crippen LogP contribution >= 0.6 is 15.9 Å². The summed E-state index contributed by atoms with van der Waals surface area (Å²) in [6.07, 6.45) is 12.7. The lowest BCUT2D eigenvalue weighted by molar-refractivity contribution is -0.0727. The molecule has 0 spiro atoms. The third-order valence-corrected chi connectivity index (χ3v) is 7.46. The Morgan fingerprint density at radius 2 is 1.96 bits per heavy atom. The second-order valence-corrected chi connectivity index (χ2v) is 9.73. The van der Waals surface area contributed by atoms with Crippen LogP contribution in [0.4, 0.5) is 0 Å². The van der Waals surface area contributed by atoms with Crippen molar-refractivity contribution in [1.82, 2.24) is 19.9 Å². The Hall–Kier alpha value is -1.43. The Morgan fingerprint density at radius 1 is 1.31 bits per heavy atom. The molecule has 0 aliphatic heterocycles. The maximum atomic E-state index is 12.9. The minimum Gasteiger partial charge on any atom is -0.347 e. The van der Waals surface area contributed by atoms with E-state index in [2.05, 4.69) is 38.3 Å². The number of carbonyl (C=O) groups excluding carboxylic acids is 1. The van der Waals surface area contributed by atoms with E-state index in [1.165, 1.54) is 38.5 Å². The van der Waals surface area contributed by atoms with Crippen LogP contribution in [0.25, 0.3) is 5.65 Å². The van der Waals surface area contributed by atoms with Gasteiger partial charge in [0.15, 0.2) is 11.3 Å². The first-order valence-electron chi connectivity index (χ1n) is 9.86. The highest BCUT2D eigenvalue weighted by Crippen LogP contribution is 2.61. The van der Waals surface area contributed by atoms with Gasteiger partial charge in [-0.05, 0) is 84.0 Å². The first-order chi connectivity index (χ1) is 12.5. The minimum absolute atomic E-state index is 0.0609. The van der Waals surface area contributed by atoms with Crippen molar-refractivity contribution >= 4 is 27.5 Å². The van der Waals surface area contributed by atoms with Gasteiger partial charge < -0.3 is 5.32 Å². The molecule has 4 aliphatic rings. The molecule has 0 radical (unpaired) electrons. The van der Waals surface area contributed by atoms with Crippen LogP contribution in [0.1, 0.15) is 62.4 Å². The van der Waals surface area contributed by atoms with Gasteiger partial charge in [-0.25, -0.2) is 9.50 Å². The lowest BCUT2D eigenvalue weighted by Crippen LogP contribution is -2.56. The van der Waals surface area contributed by atoms with E-state index in [1.807, 2.05) is 6.20 Å². The van der Waals surface area contributed by atoms with Crippen LogP contribution in [0, 0.1) is 23.2 Å². The summed E-state index contributed by atoms with van der Waals surface area (Å²) in [6.45, 7) is 2.21. The second-order valence-electron chi connectivity index (χ2n) is 8.82. The highest BCUT2D eigenvalue weighted by molar-refractivity contribution is 9.10. The van der Waals surface area contributed by atoms with E-state index in [9.17, 15) is 4.79 Å². The molecule has 0 saturated heterocycles. The molecule has 1 N–H and O–H groups in total. The third-order valence-electron chi connectivity index (χ3n) is 7.05. The average Bonchev–Trinajstić information content (AvgIpc) is 3.01. The van der Waals surface area contributed by atoms with Crippen molar-refractivity contribution in [1.29, 1.82) is 0 Å². The molecular weight excluding hydrogens is 392 g/mol. The molecule has 1 amide bonds. The Balaban J connectivity index is 1.39. The molecule has 2 aromatic heterocycles. The van der Waals surface area contributed by atoms with Crippen molar-refractivity contribution in [3.05, 3.63) is 28.6 Å². The van der Waals surface area contributed by atoms with E-state index in [0.29, 0.717) is 16.8 Å². The zero-order valence-electron chi connectivity index (χ0n) is 15.1. The Bertz CT molecular complexity index is 825. The van der Waals surface area contributed by atoms with Crippen LogP contribution in [-0.2, 0) is 0 Å². The van der Waals surface area contributed by atoms with E-state index < -0.39 is 0 Å². The van der Waals surface area contributed by atoms with Crippen molar-refractivity contribution in [2.24, 2.45) is 23.2 Å². The number of carbonyl (C=O) groups is 1. The second kappa shape index (κ2) is 6.04. The fraction of sp³-hybridized carbons (Fsp3) is 0.650. The summed E-state index contributed by atoms with van der Waals surface area (Å²) >= 11 is 3.40. The predicted molar refractivity (Wildman–Crippen MR) is 103 cm³/mol. The third kappa shape index (κ3) is 2.68. The van der Waals surface area contributed by atoms with Gasteiger partial charge in [0, 0.05) is 24.5 Å². The fourth-order valence-electron chi connectivity index (χ4n) is 6.49. The monoisotopic (exact) mass is 416 g/mol. The van der Waals surface area contributed by atoms with Gasteiger partial charge in [0.25, 0.3) is 5.91 Å². The first-order valence-corrected chi connectivity index (χ1v) is 10.7. The number of rotatable bonds is 4. The molecule has 2 aromatic rings. The number of aromatic nitrogens is 3. The van der Waals surface area contributed by atoms with Gasteiger partial charge in [-0.15, -0.1) is 0 Å². The molecule has 6 rings (SSSR count). The molecule has 4 fully saturated rings. The molecule has 0 aromatic carbocycles. The fourth-order valence-corrected chi connectivity index (χ4v) is 6.79. The van der Waals surface area contributed by atoms with Gasteiger partial charge in [-0.2, -0.15) is 5.10 Å². The maximum Gasteiger partial charge on any atom is 0.272 e. The topological polar surface area (TPSA) is 59.3 Å². The molecule has 1 atom stereocenters. The van der Waals surface area contributed by atoms with E-state index in [0.717, 1.165) is 28.6 Å². The summed E-state index contributed by atoms with van der Waals surface area (Å²) in [6, 6.07) is 2.03. The van der Waals surface area contributed by atoms with Gasteiger partial charge >= 0.3 is 0 Å². The Kier molecular flexibility index (Phi) is 3.89. The average molecular weight is 417 g/mol. The largest absolute Gasteiger partial charge is 0.347 e. The maximum absolute atomic E-state index is 12.9. The molecule has 6 heteroatoms. The lowest BCUT2D eigenvalue weighted by atomic mass is 9.47. The number of fused-ring (bicyclic) bond motifs is 1. The van der Waals surface area contributed by atoms with Crippen LogP contribution in [0.5, 0.6) is 0 Å². The molecule has 4 saturated carbocycles. The molecular formula is C20H25BrN4O. The Morgan fingerprint density at radius 3 is 2.58 bits per heavy atom. The summed E-state index contributed by atoms with van der Waals surface area (Å²) in [5, 5.41) is 7.78. The van der Waals surface area contributed by atoms with E-state index >= 15 is 0 Å². The number of halogens is 1. The van der Waals surface area contributed by atoms with E-state index in [1.54, 1.807) is 16.8 Å². The molecule has 138 valence electrons. The first kappa shape index (κ1) is 16.7. The smallest absolute Gasteiger partial charge is 0.272 e. The van der Waals surface area contributed by atoms with E-state index in [-0.39, 0.29) is 11.9 Å². The van der Waals surface area contributed by atoms with Crippen molar-refractivity contribution in [3.63, 3.8) is 0 Å². The number of hydrogen-bond acceptors (Lipinski definition) is 3. The van der Waals surface area contributed by atoms with Crippen LogP contribution in [0.2, 0.25) is 0 Å². The normalized spacial score (nSPS) is 33.5. The zero-order chi connectivity index (χ0) is 17.9. The minimum atomic E-state index is -0.0609. The zero-order valence-corrected chi connectivity index (χ0v) is 16.7. The van der Waals surface area contributed by atoms with Crippen molar-refractivity contribution < 1.29 is 4.79 Å². The number of nitrogens with one attached hydrogen (secondary N) is 1. The van der Waals surface area contributed by atoms with E-state index in [4.69, 9.17) is 0 Å². The summed E-state index contributed by atoms with van der Waals surface area (Å²) in [5.41, 5.74) is 1.47. The van der Waals surface area contributed by atoms with Gasteiger partial charge in [-0.3, -0.25) is 4.79 Å². The quantitative estimate of drug-likeness (QED) is 0.811. The highest BCUT2D eigenvalue weighted by atomic mass is 79.9. The molecule has 2 heterocycles. The lowest BCUT2D eigenvalue weighted by Gasteiger charge is -2.59. The van der Waals surface area contributed by atoms with Crippen LogP contribution < -0.4 is 5.32 Å². The van der Waals surface area contributed by atoms with Crippen LogP contribution in [0.3, 0.4) is 0 Å². The van der Waals surface area contributed by atoms with Crippen LogP contribution in [0.15, 0.2) is 22.9 Å². The molecule has 5 nitrogen and oxygen atoms in total. The summed E-state index contributed by atoms with van der Waals surface area (Å²) < 4.78 is 2.50. The highest BCUT2D eigenvalue weighted by Gasteiger charge is 2.54. The SMILES string of the molecule is CC[C@H](NC(=O)c1cc2ncc(Br)cn2n1)C12CC3CC(CC(C3)C1)C2. The molecule has 4 bridgehead atoms. The predicted octanol–water partition coefficient (Wildman–Crippen LogP) is 4.22. The standard InChI is InChI=1S/C20H25BrN4O/c1-2-17(20-7-12-3-13(8-20)5-14(4-12)9-20)23-19(26)16-6-18-22-10-15(21)11-25(18)24-16/h6,10-14,17H,2-5,7-9H2,1H3,(H,23,26)/t12?,13?,14?,17-,20?/m0/s1. The van der Waals surface area contributed by atoms with Gasteiger partial charge in [0.2, 0.25) is 0 Å². The summed E-state index contributed by atoms with van der Waals surface area (Å²) in [4.78, 5) is 17.2. The number of hydrogen-bond donors (Lipinski definition) is 1. The van der Waals surface area contributed by atoms with Gasteiger partial charge in [0.05, 0.1) is 4.47 Å². The van der Waals surface area contributed by atoms with Crippen molar-refractivity contribution in [3.8, 4) is 0 Å². The van der Waals surface area contributed by atoms with Gasteiger partial charge in [0.1, 0.15) is 0 Å². The molecule has 26 heavy (non-hydrogen) atoms. The number of amides is 1. The molecule has 4 aliphatic carbocycles.